The molecule has 21 heavy (non-hydrogen) atoms. The van der Waals surface area contributed by atoms with Crippen molar-refractivity contribution in [2.45, 2.75) is 40.7 Å². The van der Waals surface area contributed by atoms with Crippen LogP contribution in [0.25, 0.3) is 0 Å². The van der Waals surface area contributed by atoms with Crippen LogP contribution in [0, 0.1) is 19.8 Å². The highest BCUT2D eigenvalue weighted by Crippen LogP contribution is 2.12. The molecule has 0 aliphatic heterocycles. The Morgan fingerprint density at radius 2 is 1.90 bits per heavy atom. The van der Waals surface area contributed by atoms with Crippen molar-refractivity contribution >= 4 is 0 Å². The summed E-state index contributed by atoms with van der Waals surface area (Å²) in [5.74, 6) is 1.55. The second-order valence-corrected chi connectivity index (χ2v) is 6.08. The van der Waals surface area contributed by atoms with Crippen LogP contribution in [0.3, 0.4) is 0 Å². The van der Waals surface area contributed by atoms with E-state index in [1.54, 1.807) is 0 Å². The zero-order valence-electron chi connectivity index (χ0n) is 13.5. The number of nitrogens with one attached hydrogen (secondary N) is 1. The van der Waals surface area contributed by atoms with Crippen LogP contribution in [0.15, 0.2) is 30.5 Å². The summed E-state index contributed by atoms with van der Waals surface area (Å²) in [5.41, 5.74) is 4.98. The number of hydrogen-bond acceptors (Lipinski definition) is 3. The second kappa shape index (κ2) is 7.32. The van der Waals surface area contributed by atoms with Gasteiger partial charge in [-0.1, -0.05) is 32.0 Å². The highest BCUT2D eigenvalue weighted by Gasteiger charge is 2.03. The molecule has 1 N–H and O–H groups in total. The lowest BCUT2D eigenvalue weighted by Crippen LogP contribution is -2.20. The van der Waals surface area contributed by atoms with Gasteiger partial charge in [0, 0.05) is 19.2 Å². The number of hydrogen-bond donors (Lipinski definition) is 1. The van der Waals surface area contributed by atoms with Crippen LogP contribution >= 0.6 is 0 Å². The Hall–Kier alpha value is -1.74. The Morgan fingerprint density at radius 1 is 1.10 bits per heavy atom. The fourth-order valence-corrected chi connectivity index (χ4v) is 2.21. The minimum absolute atomic E-state index is 0.654. The summed E-state index contributed by atoms with van der Waals surface area (Å²) in [6.45, 7) is 10.5. The van der Waals surface area contributed by atoms with Gasteiger partial charge in [-0.25, -0.2) is 9.97 Å². The highest BCUT2D eigenvalue weighted by atomic mass is 14.9. The molecule has 0 aliphatic rings. The number of benzene rings is 1. The highest BCUT2D eigenvalue weighted by molar-refractivity contribution is 5.31. The fourth-order valence-electron chi connectivity index (χ4n) is 2.21. The van der Waals surface area contributed by atoms with Gasteiger partial charge in [0.2, 0.25) is 0 Å². The molecule has 0 unspecified atom stereocenters. The molecule has 1 heterocycles. The lowest BCUT2D eigenvalue weighted by molar-refractivity contribution is 0.547. The van der Waals surface area contributed by atoms with Crippen molar-refractivity contribution in [1.82, 2.24) is 15.3 Å². The molecule has 0 amide bonds. The van der Waals surface area contributed by atoms with Gasteiger partial charge < -0.3 is 5.32 Å². The monoisotopic (exact) mass is 283 g/mol. The van der Waals surface area contributed by atoms with Crippen molar-refractivity contribution in [3.05, 3.63) is 58.7 Å². The topological polar surface area (TPSA) is 37.8 Å². The van der Waals surface area contributed by atoms with Crippen molar-refractivity contribution < 1.29 is 0 Å². The summed E-state index contributed by atoms with van der Waals surface area (Å²) in [5, 5.41) is 3.42. The van der Waals surface area contributed by atoms with Gasteiger partial charge in [-0.3, -0.25) is 0 Å². The summed E-state index contributed by atoms with van der Waals surface area (Å²) in [7, 11) is 0. The Morgan fingerprint density at radius 3 is 2.62 bits per heavy atom. The van der Waals surface area contributed by atoms with Gasteiger partial charge in [0.05, 0.1) is 5.69 Å². The molecule has 3 heteroatoms. The molecule has 0 atom stereocenters. The Bertz CT molecular complexity index is 591. The van der Waals surface area contributed by atoms with Crippen LogP contribution in [-0.2, 0) is 13.0 Å². The molecule has 0 fully saturated rings. The molecule has 0 aliphatic carbocycles. The standard InChI is InChI=1S/C18H25N3/c1-13(2)11-19-12-17-7-8-20-18(21-17)10-16-6-5-14(3)15(4)9-16/h5-9,13,19H,10-12H2,1-4H3. The maximum absolute atomic E-state index is 4.64. The van der Waals surface area contributed by atoms with Crippen molar-refractivity contribution in [3.8, 4) is 0 Å². The third kappa shape index (κ3) is 4.94. The molecule has 0 saturated heterocycles. The van der Waals surface area contributed by atoms with E-state index in [1.165, 1.54) is 16.7 Å². The summed E-state index contributed by atoms with van der Waals surface area (Å²) in [6, 6.07) is 8.54. The van der Waals surface area contributed by atoms with Gasteiger partial charge in [0.15, 0.2) is 0 Å². The molecular weight excluding hydrogens is 258 g/mol. The molecular formula is C18H25N3. The van der Waals surface area contributed by atoms with Gasteiger partial charge in [0.25, 0.3) is 0 Å². The Balaban J connectivity index is 2.01. The van der Waals surface area contributed by atoms with E-state index in [1.807, 2.05) is 12.3 Å². The first-order valence-electron chi connectivity index (χ1n) is 7.62. The number of nitrogens with zero attached hydrogens (tertiary/aromatic N) is 2. The third-order valence-corrected chi connectivity index (χ3v) is 3.56. The molecule has 0 saturated carbocycles. The minimum Gasteiger partial charge on any atom is -0.311 e. The fraction of sp³-hybridized carbons (Fsp3) is 0.444. The summed E-state index contributed by atoms with van der Waals surface area (Å²) < 4.78 is 0. The van der Waals surface area contributed by atoms with Crippen LogP contribution in [0.1, 0.15) is 42.1 Å². The normalized spacial score (nSPS) is 11.1. The maximum Gasteiger partial charge on any atom is 0.132 e. The van der Waals surface area contributed by atoms with E-state index in [9.17, 15) is 0 Å². The predicted molar refractivity (Wildman–Crippen MR) is 87.3 cm³/mol. The average Bonchev–Trinajstić information content (AvgIpc) is 2.43. The molecule has 1 aromatic heterocycles. The number of aryl methyl sites for hydroxylation is 2. The predicted octanol–water partition coefficient (Wildman–Crippen LogP) is 3.43. The van der Waals surface area contributed by atoms with Crippen molar-refractivity contribution in [1.29, 1.82) is 0 Å². The smallest absolute Gasteiger partial charge is 0.132 e. The quantitative estimate of drug-likeness (QED) is 0.882. The van der Waals surface area contributed by atoms with E-state index >= 15 is 0 Å². The van der Waals surface area contributed by atoms with Crippen LogP contribution in [0.5, 0.6) is 0 Å². The molecule has 112 valence electrons. The van der Waals surface area contributed by atoms with E-state index in [0.717, 1.165) is 31.0 Å². The molecule has 2 aromatic rings. The summed E-state index contributed by atoms with van der Waals surface area (Å²) in [6.07, 6.45) is 2.65. The molecule has 3 nitrogen and oxygen atoms in total. The third-order valence-electron chi connectivity index (χ3n) is 3.56. The zero-order chi connectivity index (χ0) is 15.2. The largest absolute Gasteiger partial charge is 0.311 e. The van der Waals surface area contributed by atoms with E-state index in [0.29, 0.717) is 5.92 Å². The number of rotatable bonds is 6. The molecule has 0 radical (unpaired) electrons. The van der Waals surface area contributed by atoms with E-state index in [-0.39, 0.29) is 0 Å². The van der Waals surface area contributed by atoms with Crippen LogP contribution in [-0.4, -0.2) is 16.5 Å². The van der Waals surface area contributed by atoms with Crippen LogP contribution in [0.4, 0.5) is 0 Å². The number of aromatic nitrogens is 2. The Labute approximate surface area is 127 Å². The lowest BCUT2D eigenvalue weighted by atomic mass is 10.0. The van der Waals surface area contributed by atoms with E-state index < -0.39 is 0 Å². The summed E-state index contributed by atoms with van der Waals surface area (Å²) in [4.78, 5) is 9.03. The van der Waals surface area contributed by atoms with E-state index in [4.69, 9.17) is 0 Å². The molecule has 2 rings (SSSR count). The molecule has 0 spiro atoms. The SMILES string of the molecule is Cc1ccc(Cc2nccc(CNCC(C)C)n2)cc1C. The second-order valence-electron chi connectivity index (χ2n) is 6.08. The maximum atomic E-state index is 4.64. The van der Waals surface area contributed by atoms with Crippen molar-refractivity contribution in [3.63, 3.8) is 0 Å². The first-order chi connectivity index (χ1) is 10.0. The van der Waals surface area contributed by atoms with E-state index in [2.05, 4.69) is 61.2 Å². The lowest BCUT2D eigenvalue weighted by Gasteiger charge is -2.08. The molecule has 0 bridgehead atoms. The first kappa shape index (κ1) is 15.6. The van der Waals surface area contributed by atoms with Gasteiger partial charge >= 0.3 is 0 Å². The first-order valence-corrected chi connectivity index (χ1v) is 7.62. The van der Waals surface area contributed by atoms with Crippen LogP contribution in [0.2, 0.25) is 0 Å². The van der Waals surface area contributed by atoms with Gasteiger partial charge in [-0.2, -0.15) is 0 Å². The van der Waals surface area contributed by atoms with Crippen molar-refractivity contribution in [2.75, 3.05) is 6.54 Å². The minimum atomic E-state index is 0.654. The summed E-state index contributed by atoms with van der Waals surface area (Å²) >= 11 is 0. The Kier molecular flexibility index (Phi) is 5.45. The van der Waals surface area contributed by atoms with Crippen molar-refractivity contribution in [2.24, 2.45) is 5.92 Å². The van der Waals surface area contributed by atoms with Gasteiger partial charge in [-0.15, -0.1) is 0 Å². The zero-order valence-corrected chi connectivity index (χ0v) is 13.5. The van der Waals surface area contributed by atoms with Crippen LogP contribution < -0.4 is 5.32 Å². The van der Waals surface area contributed by atoms with Gasteiger partial charge in [-0.05, 0) is 49.1 Å². The average molecular weight is 283 g/mol. The molecule has 1 aromatic carbocycles. The van der Waals surface area contributed by atoms with Gasteiger partial charge in [0.1, 0.15) is 5.82 Å².